The molecule has 4 rings (SSSR count). The first-order valence-corrected chi connectivity index (χ1v) is 16.0. The van der Waals surface area contributed by atoms with Crippen molar-refractivity contribution < 1.29 is 9.16 Å². The summed E-state index contributed by atoms with van der Waals surface area (Å²) in [5, 5.41) is 3.67. The molecule has 1 fully saturated rings. The van der Waals surface area contributed by atoms with Crippen molar-refractivity contribution in [3.8, 4) is 0 Å². The van der Waals surface area contributed by atoms with Gasteiger partial charge in [0.25, 0.3) is 0 Å². The smallest absolute Gasteiger partial charge is 0.192 e. The molecule has 4 atom stereocenters. The number of fused-ring (bicyclic) bond motifs is 1. The minimum Gasteiger partial charge on any atom is -0.411 e. The van der Waals surface area contributed by atoms with E-state index in [0.29, 0.717) is 0 Å². The summed E-state index contributed by atoms with van der Waals surface area (Å²) in [7, 11) is -1.90. The maximum atomic E-state index is 6.78. The number of aromatic nitrogens is 4. The van der Waals surface area contributed by atoms with Gasteiger partial charge in [0.15, 0.2) is 25.3 Å². The van der Waals surface area contributed by atoms with Crippen LogP contribution in [0.1, 0.15) is 65.3 Å². The minimum absolute atomic E-state index is 0.0666. The molecule has 9 heteroatoms. The maximum Gasteiger partial charge on any atom is 0.192 e. The molecule has 1 aliphatic rings. The van der Waals surface area contributed by atoms with Crippen molar-refractivity contribution in [1.82, 2.24) is 19.5 Å². The van der Waals surface area contributed by atoms with E-state index >= 15 is 0 Å². The van der Waals surface area contributed by atoms with Crippen molar-refractivity contribution in [1.29, 1.82) is 0 Å². The predicted octanol–water partition coefficient (Wildman–Crippen LogP) is 6.69. The van der Waals surface area contributed by atoms with E-state index in [1.54, 1.807) is 6.33 Å². The molecule has 1 N–H and O–H groups in total. The lowest BCUT2D eigenvalue weighted by Gasteiger charge is -2.39. The number of hydrogen-bond acceptors (Lipinski definition) is 6. The van der Waals surface area contributed by atoms with Crippen molar-refractivity contribution in [2.45, 2.75) is 90.1 Å². The molecule has 0 aliphatic carbocycles. The number of halogens is 1. The van der Waals surface area contributed by atoms with Crippen LogP contribution in [0.15, 0.2) is 36.9 Å². The molecule has 184 valence electrons. The Morgan fingerprint density at radius 1 is 1.21 bits per heavy atom. The zero-order valence-electron chi connectivity index (χ0n) is 21.2. The Kier molecular flexibility index (Phi) is 7.38. The molecule has 0 saturated carbocycles. The van der Waals surface area contributed by atoms with E-state index in [1.807, 2.05) is 10.9 Å². The summed E-state index contributed by atoms with van der Waals surface area (Å²) in [6.07, 6.45) is 5.12. The fourth-order valence-corrected chi connectivity index (χ4v) is 5.84. The predicted molar refractivity (Wildman–Crippen MR) is 147 cm³/mol. The lowest BCUT2D eigenvalue weighted by atomic mass is 10.1. The third-order valence-corrected chi connectivity index (χ3v) is 12.5. The van der Waals surface area contributed by atoms with Gasteiger partial charge in [-0.25, -0.2) is 15.0 Å². The molecular formula is C25H36IN5O2Si. The van der Waals surface area contributed by atoms with Crippen molar-refractivity contribution in [3.63, 3.8) is 0 Å². The third-order valence-electron chi connectivity index (χ3n) is 7.23. The fraction of sp³-hybridized carbons (Fsp3) is 0.560. The summed E-state index contributed by atoms with van der Waals surface area (Å²) in [6, 6.07) is 8.59. The first kappa shape index (κ1) is 25.5. The summed E-state index contributed by atoms with van der Waals surface area (Å²) in [6.45, 7) is 15.7. The number of nitrogens with one attached hydrogen (secondary N) is 1. The highest BCUT2D eigenvalue weighted by Gasteiger charge is 2.44. The second kappa shape index (κ2) is 9.83. The monoisotopic (exact) mass is 593 g/mol. The first-order chi connectivity index (χ1) is 16.0. The van der Waals surface area contributed by atoms with E-state index in [2.05, 4.69) is 115 Å². The number of benzene rings is 1. The maximum absolute atomic E-state index is 6.78. The molecule has 0 amide bonds. The highest BCUT2D eigenvalue weighted by Crippen LogP contribution is 2.42. The molecule has 0 spiro atoms. The van der Waals surface area contributed by atoms with Crippen LogP contribution in [0, 0.1) is 3.57 Å². The normalized spacial score (nSPS) is 22.3. The van der Waals surface area contributed by atoms with Crippen LogP contribution in [0.2, 0.25) is 18.1 Å². The van der Waals surface area contributed by atoms with Gasteiger partial charge in [0.05, 0.1) is 24.6 Å². The number of nitrogens with zero attached hydrogens (tertiary/aromatic N) is 4. The van der Waals surface area contributed by atoms with E-state index in [1.165, 1.54) is 9.13 Å². The Morgan fingerprint density at radius 3 is 2.56 bits per heavy atom. The zero-order valence-corrected chi connectivity index (χ0v) is 24.3. The molecule has 2 aromatic heterocycles. The summed E-state index contributed by atoms with van der Waals surface area (Å²) in [4.78, 5) is 13.7. The molecule has 3 aromatic rings. The number of hydrogen-bond donors (Lipinski definition) is 1. The summed E-state index contributed by atoms with van der Waals surface area (Å²) in [5.41, 5.74) is 2.73. The largest absolute Gasteiger partial charge is 0.411 e. The first-order valence-electron chi connectivity index (χ1n) is 12.0. The van der Waals surface area contributed by atoms with Gasteiger partial charge in [-0.1, -0.05) is 39.8 Å². The molecule has 1 aliphatic heterocycles. The second-order valence-electron chi connectivity index (χ2n) is 10.7. The highest BCUT2D eigenvalue weighted by molar-refractivity contribution is 14.1. The number of ether oxygens (including phenoxy) is 1. The van der Waals surface area contributed by atoms with Crippen molar-refractivity contribution in [2.75, 3.05) is 5.32 Å². The molecule has 2 unspecified atom stereocenters. The Labute approximate surface area is 217 Å². The van der Waals surface area contributed by atoms with Crippen LogP contribution in [0.5, 0.6) is 0 Å². The average Bonchev–Trinajstić information content (AvgIpc) is 3.37. The molecule has 1 aromatic carbocycles. The van der Waals surface area contributed by atoms with Gasteiger partial charge in [-0.05, 0) is 71.8 Å². The highest BCUT2D eigenvalue weighted by atomic mass is 127. The van der Waals surface area contributed by atoms with Gasteiger partial charge in [0.2, 0.25) is 0 Å². The number of anilines is 1. The lowest BCUT2D eigenvalue weighted by Crippen LogP contribution is -2.45. The SMILES string of the molecule is CC[C@H]1O[C@@H](n2cnc3c(NC(C)c4ccc(I)cc4)ncnc32)CC1O[Si](C)(C)C(C)(C)C. The average molecular weight is 594 g/mol. The number of imidazole rings is 1. The second-order valence-corrected chi connectivity index (χ2v) is 16.7. The lowest BCUT2D eigenvalue weighted by molar-refractivity contribution is -0.0162. The van der Waals surface area contributed by atoms with Crippen LogP contribution in [0.3, 0.4) is 0 Å². The Balaban J connectivity index is 1.56. The molecule has 7 nitrogen and oxygen atoms in total. The van der Waals surface area contributed by atoms with Gasteiger partial charge in [-0.2, -0.15) is 0 Å². The van der Waals surface area contributed by atoms with Crippen LogP contribution in [0.25, 0.3) is 11.2 Å². The van der Waals surface area contributed by atoms with Crippen molar-refractivity contribution >= 4 is 47.9 Å². The third kappa shape index (κ3) is 5.17. The van der Waals surface area contributed by atoms with Crippen molar-refractivity contribution in [2.24, 2.45) is 0 Å². The fourth-order valence-electron chi connectivity index (χ4n) is 4.12. The quantitative estimate of drug-likeness (QED) is 0.243. The Hall–Kier alpha value is -1.56. The van der Waals surface area contributed by atoms with Gasteiger partial charge in [0.1, 0.15) is 12.6 Å². The van der Waals surface area contributed by atoms with Gasteiger partial charge in [0, 0.05) is 9.99 Å². The standard InChI is InChI=1S/C25H36IN5O2Si/c1-8-19-20(33-34(6,7)25(3,4)5)13-21(32-19)31-15-29-22-23(27-14-28-24(22)31)30-16(2)17-9-11-18(26)12-10-17/h9-12,14-16,19-21H,8,13H2,1-7H3,(H,27,28,30)/t16?,19-,20?,21-/m1/s1. The minimum atomic E-state index is -1.90. The Bertz CT molecular complexity index is 1130. The molecule has 34 heavy (non-hydrogen) atoms. The van der Waals surface area contributed by atoms with E-state index in [-0.39, 0.29) is 29.5 Å². The summed E-state index contributed by atoms with van der Waals surface area (Å²) >= 11 is 2.32. The van der Waals surface area contributed by atoms with Crippen molar-refractivity contribution in [3.05, 3.63) is 46.1 Å². The van der Waals surface area contributed by atoms with Crippen LogP contribution in [0.4, 0.5) is 5.82 Å². The zero-order chi connectivity index (χ0) is 24.7. The van der Waals surface area contributed by atoms with Crippen LogP contribution >= 0.6 is 22.6 Å². The van der Waals surface area contributed by atoms with Crippen LogP contribution < -0.4 is 5.32 Å². The van der Waals surface area contributed by atoms with E-state index in [0.717, 1.165) is 29.8 Å². The van der Waals surface area contributed by atoms with E-state index in [4.69, 9.17) is 9.16 Å². The van der Waals surface area contributed by atoms with E-state index in [9.17, 15) is 0 Å². The molecule has 1 saturated heterocycles. The van der Waals surface area contributed by atoms with Gasteiger partial charge in [-0.15, -0.1) is 0 Å². The van der Waals surface area contributed by atoms with Gasteiger partial charge >= 0.3 is 0 Å². The summed E-state index contributed by atoms with van der Waals surface area (Å²) in [5.74, 6) is 0.730. The van der Waals surface area contributed by atoms with Gasteiger partial charge < -0.3 is 14.5 Å². The topological polar surface area (TPSA) is 74.1 Å². The molecule has 3 heterocycles. The molecule has 0 bridgehead atoms. The molecule has 0 radical (unpaired) electrons. The molecular weight excluding hydrogens is 557 g/mol. The Morgan fingerprint density at radius 2 is 1.91 bits per heavy atom. The van der Waals surface area contributed by atoms with Crippen LogP contribution in [-0.2, 0) is 9.16 Å². The summed E-state index contributed by atoms with van der Waals surface area (Å²) < 4.78 is 16.5. The van der Waals surface area contributed by atoms with Crippen LogP contribution in [-0.4, -0.2) is 40.0 Å². The van der Waals surface area contributed by atoms with E-state index < -0.39 is 8.32 Å². The number of rotatable bonds is 7. The van der Waals surface area contributed by atoms with Gasteiger partial charge in [-0.3, -0.25) is 4.57 Å².